The van der Waals surface area contributed by atoms with Gasteiger partial charge in [-0.05, 0) is 48.1 Å². The van der Waals surface area contributed by atoms with Gasteiger partial charge in [-0.1, -0.05) is 57.2 Å². The average Bonchev–Trinajstić information content (AvgIpc) is 3.12. The molecule has 1 atom stereocenters. The third kappa shape index (κ3) is 4.62. The molecule has 0 spiro atoms. The standard InChI is InChI=1S/C24H30N2OS/c1-6-19-7-9-21(10-8-19)23-16-28-24(26(23)18(4)15-27-5)25-22-13-11-20(12-14-22)17(2)3/h7-14,16-18H,6,15H2,1-5H3/t18-/m1/s1. The lowest BCUT2D eigenvalue weighted by atomic mass is 10.0. The number of hydrogen-bond donors (Lipinski definition) is 0. The van der Waals surface area contributed by atoms with Crippen LogP contribution in [0.15, 0.2) is 58.9 Å². The highest BCUT2D eigenvalue weighted by atomic mass is 32.1. The second-order valence-corrected chi connectivity index (χ2v) is 8.32. The molecule has 0 saturated carbocycles. The minimum atomic E-state index is 0.200. The van der Waals surface area contributed by atoms with E-state index in [2.05, 4.69) is 86.2 Å². The number of nitrogens with zero attached hydrogens (tertiary/aromatic N) is 2. The van der Waals surface area contributed by atoms with Gasteiger partial charge in [0.15, 0.2) is 4.80 Å². The fourth-order valence-corrected chi connectivity index (χ4v) is 4.33. The third-order valence-corrected chi connectivity index (χ3v) is 5.87. The Bertz CT molecular complexity index is 950. The van der Waals surface area contributed by atoms with E-state index >= 15 is 0 Å². The summed E-state index contributed by atoms with van der Waals surface area (Å²) < 4.78 is 7.74. The van der Waals surface area contributed by atoms with E-state index in [-0.39, 0.29) is 6.04 Å². The fraction of sp³-hybridized carbons (Fsp3) is 0.375. The topological polar surface area (TPSA) is 26.5 Å². The molecule has 4 heteroatoms. The van der Waals surface area contributed by atoms with E-state index in [1.54, 1.807) is 18.4 Å². The van der Waals surface area contributed by atoms with E-state index in [0.717, 1.165) is 16.9 Å². The Balaban J connectivity index is 2.06. The Kier molecular flexibility index (Phi) is 6.87. The monoisotopic (exact) mass is 394 g/mol. The first-order valence-corrected chi connectivity index (χ1v) is 10.8. The number of rotatable bonds is 7. The van der Waals surface area contributed by atoms with Gasteiger partial charge in [0.2, 0.25) is 0 Å². The molecule has 0 N–H and O–H groups in total. The number of ether oxygens (including phenoxy) is 1. The van der Waals surface area contributed by atoms with Crippen molar-refractivity contribution in [2.75, 3.05) is 13.7 Å². The van der Waals surface area contributed by atoms with Crippen LogP contribution in [-0.2, 0) is 11.2 Å². The van der Waals surface area contributed by atoms with Crippen molar-refractivity contribution < 1.29 is 4.74 Å². The number of hydrogen-bond acceptors (Lipinski definition) is 3. The maximum atomic E-state index is 5.44. The molecule has 0 aliphatic carbocycles. The van der Waals surface area contributed by atoms with Crippen LogP contribution in [0.5, 0.6) is 0 Å². The molecular formula is C24H30N2OS. The van der Waals surface area contributed by atoms with Crippen LogP contribution in [0.1, 0.15) is 50.8 Å². The van der Waals surface area contributed by atoms with Crippen molar-refractivity contribution in [1.29, 1.82) is 0 Å². The quantitative estimate of drug-likeness (QED) is 0.459. The van der Waals surface area contributed by atoms with Gasteiger partial charge in [0.1, 0.15) is 0 Å². The van der Waals surface area contributed by atoms with Crippen LogP contribution in [0.4, 0.5) is 5.69 Å². The Morgan fingerprint density at radius 1 is 1.00 bits per heavy atom. The van der Waals surface area contributed by atoms with Crippen LogP contribution >= 0.6 is 11.3 Å². The third-order valence-electron chi connectivity index (χ3n) is 5.03. The highest BCUT2D eigenvalue weighted by Crippen LogP contribution is 2.25. The molecule has 1 heterocycles. The second kappa shape index (κ2) is 9.35. The van der Waals surface area contributed by atoms with Crippen LogP contribution in [-0.4, -0.2) is 18.3 Å². The Morgan fingerprint density at radius 3 is 2.25 bits per heavy atom. The first-order valence-electron chi connectivity index (χ1n) is 9.96. The summed E-state index contributed by atoms with van der Waals surface area (Å²) in [5, 5.41) is 2.20. The molecule has 0 unspecified atom stereocenters. The number of benzene rings is 2. The van der Waals surface area contributed by atoms with Gasteiger partial charge in [0.25, 0.3) is 0 Å². The molecule has 0 radical (unpaired) electrons. The van der Waals surface area contributed by atoms with Crippen LogP contribution < -0.4 is 4.80 Å². The average molecular weight is 395 g/mol. The van der Waals surface area contributed by atoms with Gasteiger partial charge >= 0.3 is 0 Å². The summed E-state index contributed by atoms with van der Waals surface area (Å²) in [6, 6.07) is 17.6. The van der Waals surface area contributed by atoms with Gasteiger partial charge < -0.3 is 9.30 Å². The van der Waals surface area contributed by atoms with E-state index in [0.29, 0.717) is 12.5 Å². The predicted molar refractivity (Wildman–Crippen MR) is 119 cm³/mol. The van der Waals surface area contributed by atoms with Gasteiger partial charge in [0, 0.05) is 12.5 Å². The molecule has 2 aromatic carbocycles. The van der Waals surface area contributed by atoms with E-state index in [1.807, 2.05) is 0 Å². The molecule has 148 valence electrons. The molecule has 3 rings (SSSR count). The lowest BCUT2D eigenvalue weighted by Gasteiger charge is -2.17. The lowest BCUT2D eigenvalue weighted by molar-refractivity contribution is 0.162. The van der Waals surface area contributed by atoms with Crippen molar-refractivity contribution in [3.63, 3.8) is 0 Å². The van der Waals surface area contributed by atoms with Crippen molar-refractivity contribution in [2.24, 2.45) is 4.99 Å². The minimum Gasteiger partial charge on any atom is -0.383 e. The Labute approximate surface area is 172 Å². The van der Waals surface area contributed by atoms with Crippen molar-refractivity contribution in [1.82, 2.24) is 4.57 Å². The van der Waals surface area contributed by atoms with Gasteiger partial charge in [0.05, 0.1) is 24.0 Å². The van der Waals surface area contributed by atoms with Crippen molar-refractivity contribution in [3.8, 4) is 11.3 Å². The second-order valence-electron chi connectivity index (χ2n) is 7.49. The van der Waals surface area contributed by atoms with Crippen molar-refractivity contribution in [3.05, 3.63) is 69.8 Å². The molecule has 0 bridgehead atoms. The smallest absolute Gasteiger partial charge is 0.190 e. The zero-order valence-electron chi connectivity index (χ0n) is 17.5. The first kappa shape index (κ1) is 20.6. The molecule has 28 heavy (non-hydrogen) atoms. The van der Waals surface area contributed by atoms with E-state index in [9.17, 15) is 0 Å². The minimum absolute atomic E-state index is 0.200. The Hall–Kier alpha value is -2.17. The van der Waals surface area contributed by atoms with E-state index < -0.39 is 0 Å². The largest absolute Gasteiger partial charge is 0.383 e. The summed E-state index contributed by atoms with van der Waals surface area (Å²) in [6.07, 6.45) is 1.05. The van der Waals surface area contributed by atoms with Gasteiger partial charge in [-0.25, -0.2) is 4.99 Å². The van der Waals surface area contributed by atoms with E-state index in [1.165, 1.54) is 22.4 Å². The van der Waals surface area contributed by atoms with Crippen LogP contribution in [0.25, 0.3) is 11.3 Å². The molecule has 0 amide bonds. The normalized spacial score (nSPS) is 13.3. The molecular weight excluding hydrogens is 364 g/mol. The van der Waals surface area contributed by atoms with Crippen molar-refractivity contribution in [2.45, 2.75) is 46.1 Å². The van der Waals surface area contributed by atoms with E-state index in [4.69, 9.17) is 9.73 Å². The highest BCUT2D eigenvalue weighted by molar-refractivity contribution is 7.07. The summed E-state index contributed by atoms with van der Waals surface area (Å²) in [5.41, 5.74) is 6.08. The zero-order valence-corrected chi connectivity index (χ0v) is 18.3. The maximum Gasteiger partial charge on any atom is 0.190 e. The zero-order chi connectivity index (χ0) is 20.1. The molecule has 0 aliphatic heterocycles. The predicted octanol–water partition coefficient (Wildman–Crippen LogP) is 6.34. The summed E-state index contributed by atoms with van der Waals surface area (Å²) in [6.45, 7) is 9.43. The molecule has 1 aromatic heterocycles. The molecule has 0 saturated heterocycles. The Morgan fingerprint density at radius 2 is 1.68 bits per heavy atom. The molecule has 3 aromatic rings. The van der Waals surface area contributed by atoms with Crippen LogP contribution in [0, 0.1) is 0 Å². The van der Waals surface area contributed by atoms with Gasteiger partial charge in [-0.2, -0.15) is 0 Å². The van der Waals surface area contributed by atoms with Crippen molar-refractivity contribution >= 4 is 17.0 Å². The maximum absolute atomic E-state index is 5.44. The fourth-order valence-electron chi connectivity index (χ4n) is 3.31. The number of aromatic nitrogens is 1. The number of methoxy groups -OCH3 is 1. The van der Waals surface area contributed by atoms with Crippen LogP contribution in [0.2, 0.25) is 0 Å². The SMILES string of the molecule is CCc1ccc(-c2csc(=Nc3ccc(C(C)C)cc3)n2[C@H](C)COC)cc1. The summed E-state index contributed by atoms with van der Waals surface area (Å²) >= 11 is 1.68. The number of thiazole rings is 1. The van der Waals surface area contributed by atoms with Crippen LogP contribution in [0.3, 0.4) is 0 Å². The highest BCUT2D eigenvalue weighted by Gasteiger charge is 2.14. The van der Waals surface area contributed by atoms with Gasteiger partial charge in [-0.15, -0.1) is 11.3 Å². The summed E-state index contributed by atoms with van der Waals surface area (Å²) in [7, 11) is 1.75. The summed E-state index contributed by atoms with van der Waals surface area (Å²) in [4.78, 5) is 5.95. The molecule has 3 nitrogen and oxygen atoms in total. The number of aryl methyl sites for hydroxylation is 1. The van der Waals surface area contributed by atoms with Gasteiger partial charge in [-0.3, -0.25) is 0 Å². The molecule has 0 aliphatic rings. The first-order chi connectivity index (χ1) is 13.5. The summed E-state index contributed by atoms with van der Waals surface area (Å²) in [5.74, 6) is 0.528. The lowest BCUT2D eigenvalue weighted by Crippen LogP contribution is -2.23. The molecule has 0 fully saturated rings.